The molecule has 2 N–H and O–H groups in total. The van der Waals surface area contributed by atoms with Crippen LogP contribution in [0.4, 0.5) is 5.69 Å². The van der Waals surface area contributed by atoms with Crippen LogP contribution in [0, 0.1) is 0 Å². The van der Waals surface area contributed by atoms with E-state index in [1.54, 1.807) is 18.4 Å². The van der Waals surface area contributed by atoms with Crippen molar-refractivity contribution in [3.63, 3.8) is 0 Å². The molecule has 0 bridgehead atoms. The van der Waals surface area contributed by atoms with Crippen LogP contribution in [0.1, 0.15) is 10.4 Å². The molecule has 1 aromatic heterocycles. The summed E-state index contributed by atoms with van der Waals surface area (Å²) in [5.41, 5.74) is 2.56. The Hall–Kier alpha value is -2.05. The lowest BCUT2D eigenvalue weighted by atomic mass is 10.1. The molecule has 1 aliphatic heterocycles. The normalized spacial score (nSPS) is 15.4. The zero-order valence-corrected chi connectivity index (χ0v) is 14.8. The molecule has 1 aromatic carbocycles. The number of nitrogens with one attached hydrogen (secondary N) is 2. The highest BCUT2D eigenvalue weighted by Crippen LogP contribution is 2.21. The molecule has 0 unspecified atom stereocenters. The van der Waals surface area contributed by atoms with Crippen molar-refractivity contribution in [3.05, 3.63) is 52.2 Å². The maximum absolute atomic E-state index is 5.46. The molecule has 0 aliphatic carbocycles. The van der Waals surface area contributed by atoms with E-state index < -0.39 is 0 Å². The van der Waals surface area contributed by atoms with Gasteiger partial charge in [0.15, 0.2) is 5.96 Å². The van der Waals surface area contributed by atoms with Gasteiger partial charge in [0.05, 0.1) is 19.8 Å². The van der Waals surface area contributed by atoms with E-state index in [9.17, 15) is 0 Å². The highest BCUT2D eigenvalue weighted by atomic mass is 32.1. The van der Waals surface area contributed by atoms with Crippen molar-refractivity contribution >= 4 is 23.0 Å². The zero-order chi connectivity index (χ0) is 16.6. The highest BCUT2D eigenvalue weighted by Gasteiger charge is 2.14. The van der Waals surface area contributed by atoms with Crippen molar-refractivity contribution in [1.29, 1.82) is 0 Å². The molecule has 24 heavy (non-hydrogen) atoms. The number of aliphatic imine (C=N–C) groups is 1. The number of benzene rings is 1. The van der Waals surface area contributed by atoms with Crippen molar-refractivity contribution < 1.29 is 4.74 Å². The summed E-state index contributed by atoms with van der Waals surface area (Å²) < 4.78 is 5.46. The lowest BCUT2D eigenvalue weighted by Gasteiger charge is -2.30. The van der Waals surface area contributed by atoms with Crippen LogP contribution in [-0.4, -0.2) is 39.3 Å². The van der Waals surface area contributed by atoms with Crippen LogP contribution in [0.3, 0.4) is 0 Å². The summed E-state index contributed by atoms with van der Waals surface area (Å²) in [6, 6.07) is 12.7. The van der Waals surface area contributed by atoms with Gasteiger partial charge in [-0.15, -0.1) is 11.3 Å². The van der Waals surface area contributed by atoms with E-state index in [-0.39, 0.29) is 0 Å². The summed E-state index contributed by atoms with van der Waals surface area (Å²) in [5.74, 6) is 0.820. The number of rotatable bonds is 5. The second-order valence-corrected chi connectivity index (χ2v) is 6.62. The van der Waals surface area contributed by atoms with Gasteiger partial charge in [-0.1, -0.05) is 24.3 Å². The van der Waals surface area contributed by atoms with E-state index in [1.165, 1.54) is 16.1 Å². The van der Waals surface area contributed by atoms with Crippen LogP contribution in [0.2, 0.25) is 0 Å². The number of para-hydroxylation sites is 1. The zero-order valence-electron chi connectivity index (χ0n) is 14.0. The minimum Gasteiger partial charge on any atom is -0.378 e. The van der Waals surface area contributed by atoms with E-state index in [0.717, 1.165) is 45.4 Å². The Labute approximate surface area is 147 Å². The van der Waals surface area contributed by atoms with Crippen molar-refractivity contribution in [3.8, 4) is 0 Å². The number of anilines is 1. The maximum atomic E-state index is 5.46. The minimum absolute atomic E-state index is 0.748. The Morgan fingerprint density at radius 3 is 2.67 bits per heavy atom. The Bertz CT molecular complexity index is 651. The summed E-state index contributed by atoms with van der Waals surface area (Å²) in [6.45, 7) is 5.03. The molecule has 0 amide bonds. The second-order valence-electron chi connectivity index (χ2n) is 5.59. The van der Waals surface area contributed by atoms with Gasteiger partial charge in [0.2, 0.25) is 0 Å². The van der Waals surface area contributed by atoms with Gasteiger partial charge >= 0.3 is 0 Å². The molecular weight excluding hydrogens is 320 g/mol. The first-order valence-electron chi connectivity index (χ1n) is 8.24. The van der Waals surface area contributed by atoms with Crippen LogP contribution < -0.4 is 15.5 Å². The Morgan fingerprint density at radius 2 is 1.92 bits per heavy atom. The average Bonchev–Trinajstić information content (AvgIpc) is 3.16. The van der Waals surface area contributed by atoms with Crippen LogP contribution in [0.25, 0.3) is 0 Å². The average molecular weight is 344 g/mol. The first-order valence-corrected chi connectivity index (χ1v) is 9.12. The fourth-order valence-electron chi connectivity index (χ4n) is 2.76. The van der Waals surface area contributed by atoms with Crippen LogP contribution in [0.5, 0.6) is 0 Å². The number of ether oxygens (including phenoxy) is 1. The molecule has 1 fully saturated rings. The Kier molecular flexibility index (Phi) is 6.09. The van der Waals surface area contributed by atoms with Gasteiger partial charge in [0.1, 0.15) is 0 Å². The number of guanidine groups is 1. The topological polar surface area (TPSA) is 48.9 Å². The minimum atomic E-state index is 0.748. The van der Waals surface area contributed by atoms with Gasteiger partial charge < -0.3 is 20.3 Å². The summed E-state index contributed by atoms with van der Waals surface area (Å²) in [7, 11) is 1.80. The summed E-state index contributed by atoms with van der Waals surface area (Å²) >= 11 is 1.75. The van der Waals surface area contributed by atoms with E-state index in [0.29, 0.717) is 0 Å². The molecule has 3 rings (SSSR count). The maximum Gasteiger partial charge on any atom is 0.191 e. The number of hydrogen-bond acceptors (Lipinski definition) is 4. The van der Waals surface area contributed by atoms with Gasteiger partial charge in [0, 0.05) is 37.2 Å². The van der Waals surface area contributed by atoms with Crippen molar-refractivity contribution in [1.82, 2.24) is 10.6 Å². The number of hydrogen-bond donors (Lipinski definition) is 2. The molecule has 128 valence electrons. The predicted octanol–water partition coefficient (Wildman–Crippen LogP) is 2.45. The SMILES string of the molecule is CN=C(NCc1cccs1)NCc1ccccc1N1CCOCC1. The first-order chi connectivity index (χ1) is 11.9. The molecule has 0 radical (unpaired) electrons. The number of nitrogens with zero attached hydrogens (tertiary/aromatic N) is 2. The Balaban J connectivity index is 1.58. The van der Waals surface area contributed by atoms with E-state index in [2.05, 4.69) is 62.3 Å². The third-order valence-corrected chi connectivity index (χ3v) is 4.90. The molecule has 0 atom stereocenters. The van der Waals surface area contributed by atoms with Crippen molar-refractivity contribution in [2.75, 3.05) is 38.3 Å². The largest absolute Gasteiger partial charge is 0.378 e. The quantitative estimate of drug-likeness (QED) is 0.646. The smallest absolute Gasteiger partial charge is 0.191 e. The lowest BCUT2D eigenvalue weighted by Crippen LogP contribution is -2.38. The number of morpholine rings is 1. The first kappa shape index (κ1) is 16.8. The van der Waals surface area contributed by atoms with Crippen molar-refractivity contribution in [2.45, 2.75) is 13.1 Å². The fraction of sp³-hybridized carbons (Fsp3) is 0.389. The highest BCUT2D eigenvalue weighted by molar-refractivity contribution is 7.09. The summed E-state index contributed by atoms with van der Waals surface area (Å²) in [5, 5.41) is 8.86. The number of thiophene rings is 1. The molecule has 1 aliphatic rings. The van der Waals surface area contributed by atoms with Gasteiger partial charge in [-0.25, -0.2) is 0 Å². The standard InChI is InChI=1S/C18H24N4OS/c1-19-18(21-14-16-6-4-12-24-16)20-13-15-5-2-3-7-17(15)22-8-10-23-11-9-22/h2-7,12H,8-11,13-14H2,1H3,(H2,19,20,21). The van der Waals surface area contributed by atoms with Crippen LogP contribution in [0.15, 0.2) is 46.8 Å². The molecule has 5 nitrogen and oxygen atoms in total. The van der Waals surface area contributed by atoms with E-state index in [4.69, 9.17) is 4.74 Å². The molecule has 2 aromatic rings. The van der Waals surface area contributed by atoms with Gasteiger partial charge in [-0.2, -0.15) is 0 Å². The molecule has 1 saturated heterocycles. The molecule has 0 spiro atoms. The van der Waals surface area contributed by atoms with E-state index >= 15 is 0 Å². The molecule has 2 heterocycles. The fourth-order valence-corrected chi connectivity index (χ4v) is 3.40. The lowest BCUT2D eigenvalue weighted by molar-refractivity contribution is 0.122. The van der Waals surface area contributed by atoms with Crippen LogP contribution in [-0.2, 0) is 17.8 Å². The van der Waals surface area contributed by atoms with Crippen molar-refractivity contribution in [2.24, 2.45) is 4.99 Å². The van der Waals surface area contributed by atoms with Gasteiger partial charge in [-0.3, -0.25) is 4.99 Å². The van der Waals surface area contributed by atoms with Gasteiger partial charge in [-0.05, 0) is 23.1 Å². The summed E-state index contributed by atoms with van der Waals surface area (Å²) in [6.07, 6.45) is 0. The monoisotopic (exact) mass is 344 g/mol. The Morgan fingerprint density at radius 1 is 1.12 bits per heavy atom. The predicted molar refractivity (Wildman–Crippen MR) is 101 cm³/mol. The molecule has 6 heteroatoms. The molecule has 0 saturated carbocycles. The van der Waals surface area contributed by atoms with E-state index in [1.807, 2.05) is 0 Å². The van der Waals surface area contributed by atoms with Gasteiger partial charge in [0.25, 0.3) is 0 Å². The third-order valence-electron chi connectivity index (χ3n) is 4.02. The third kappa shape index (κ3) is 4.49. The molecular formula is C18H24N4OS. The second kappa shape index (κ2) is 8.70. The van der Waals surface area contributed by atoms with Crippen LogP contribution >= 0.6 is 11.3 Å². The summed E-state index contributed by atoms with van der Waals surface area (Å²) in [4.78, 5) is 8.00.